The van der Waals surface area contributed by atoms with Gasteiger partial charge in [0, 0.05) is 18.5 Å². The number of rotatable bonds is 4. The van der Waals surface area contributed by atoms with Gasteiger partial charge in [0.25, 0.3) is 0 Å². The number of halogens is 2. The maximum atomic E-state index is 6.13. The van der Waals surface area contributed by atoms with Crippen molar-refractivity contribution in [2.45, 2.75) is 26.7 Å². The van der Waals surface area contributed by atoms with E-state index in [0.29, 0.717) is 11.8 Å². The van der Waals surface area contributed by atoms with E-state index >= 15 is 0 Å². The molecular formula is C10H16Cl2N2. The van der Waals surface area contributed by atoms with Gasteiger partial charge in [0.15, 0.2) is 0 Å². The number of aromatic nitrogens is 2. The maximum Gasteiger partial charge on any atom is 0.130 e. The first kappa shape index (κ1) is 11.9. The van der Waals surface area contributed by atoms with E-state index in [1.165, 1.54) is 0 Å². The number of hydrogen-bond acceptors (Lipinski definition) is 1. The van der Waals surface area contributed by atoms with Gasteiger partial charge in [-0.3, -0.25) is 4.68 Å². The van der Waals surface area contributed by atoms with Crippen molar-refractivity contribution in [3.63, 3.8) is 0 Å². The van der Waals surface area contributed by atoms with Crippen LogP contribution >= 0.6 is 23.2 Å². The lowest BCUT2D eigenvalue weighted by Crippen LogP contribution is -2.05. The van der Waals surface area contributed by atoms with Crippen molar-refractivity contribution in [2.75, 3.05) is 5.88 Å². The second-order valence-electron chi connectivity index (χ2n) is 3.61. The smallest absolute Gasteiger partial charge is 0.130 e. The van der Waals surface area contributed by atoms with Gasteiger partial charge < -0.3 is 0 Å². The van der Waals surface area contributed by atoms with Crippen LogP contribution in [0.15, 0.2) is 0 Å². The Morgan fingerprint density at radius 3 is 2.50 bits per heavy atom. The lowest BCUT2D eigenvalue weighted by atomic mass is 9.99. The summed E-state index contributed by atoms with van der Waals surface area (Å²) in [5, 5.41) is 5.02. The van der Waals surface area contributed by atoms with E-state index in [4.69, 9.17) is 23.2 Å². The Bertz CT molecular complexity index is 303. The predicted octanol–water partition coefficient (Wildman–Crippen LogP) is 3.19. The van der Waals surface area contributed by atoms with Gasteiger partial charge in [0.1, 0.15) is 5.15 Å². The van der Waals surface area contributed by atoms with Crippen molar-refractivity contribution in [3.8, 4) is 0 Å². The predicted molar refractivity (Wildman–Crippen MR) is 61.2 cm³/mol. The van der Waals surface area contributed by atoms with Crippen molar-refractivity contribution in [2.24, 2.45) is 13.0 Å². The average Bonchev–Trinajstić information content (AvgIpc) is 2.40. The molecule has 1 atom stereocenters. The molecule has 0 saturated carbocycles. The second-order valence-corrected chi connectivity index (χ2v) is 4.28. The highest BCUT2D eigenvalue weighted by Gasteiger charge is 2.15. The fourth-order valence-corrected chi connectivity index (χ4v) is 2.08. The van der Waals surface area contributed by atoms with Crippen LogP contribution in [0.4, 0.5) is 0 Å². The monoisotopic (exact) mass is 234 g/mol. The first-order chi connectivity index (χ1) is 6.60. The van der Waals surface area contributed by atoms with Crippen LogP contribution in [-0.4, -0.2) is 15.7 Å². The van der Waals surface area contributed by atoms with Crippen LogP contribution < -0.4 is 0 Å². The molecule has 2 nitrogen and oxygen atoms in total. The van der Waals surface area contributed by atoms with Crippen LogP contribution in [-0.2, 0) is 13.5 Å². The third kappa shape index (κ3) is 2.43. The minimum Gasteiger partial charge on any atom is -0.257 e. The molecule has 0 bridgehead atoms. The summed E-state index contributed by atoms with van der Waals surface area (Å²) in [6, 6.07) is 0. The van der Waals surface area contributed by atoms with Gasteiger partial charge in [0.05, 0.1) is 5.69 Å². The minimum absolute atomic E-state index is 0.497. The Hall–Kier alpha value is -0.210. The summed E-state index contributed by atoms with van der Waals surface area (Å²) < 4.78 is 1.72. The quantitative estimate of drug-likeness (QED) is 0.733. The Morgan fingerprint density at radius 1 is 1.50 bits per heavy atom. The highest BCUT2D eigenvalue weighted by Crippen LogP contribution is 2.23. The van der Waals surface area contributed by atoms with Crippen molar-refractivity contribution in [1.82, 2.24) is 9.78 Å². The summed E-state index contributed by atoms with van der Waals surface area (Å²) >= 11 is 12.0. The summed E-state index contributed by atoms with van der Waals surface area (Å²) in [7, 11) is 1.86. The van der Waals surface area contributed by atoms with Crippen LogP contribution in [0.25, 0.3) is 0 Å². The van der Waals surface area contributed by atoms with Gasteiger partial charge >= 0.3 is 0 Å². The van der Waals surface area contributed by atoms with Crippen molar-refractivity contribution >= 4 is 23.2 Å². The third-order valence-corrected chi connectivity index (χ3v) is 3.47. The fraction of sp³-hybridized carbons (Fsp3) is 0.700. The molecule has 1 unspecified atom stereocenters. The van der Waals surface area contributed by atoms with Gasteiger partial charge in [-0.25, -0.2) is 0 Å². The van der Waals surface area contributed by atoms with Crippen LogP contribution in [0, 0.1) is 12.8 Å². The lowest BCUT2D eigenvalue weighted by molar-refractivity contribution is 0.565. The SMILES string of the molecule is CCC(CCl)Cc1c(C)nn(C)c1Cl. The van der Waals surface area contributed by atoms with Gasteiger partial charge in [-0.05, 0) is 19.3 Å². The van der Waals surface area contributed by atoms with Gasteiger partial charge in [0.2, 0.25) is 0 Å². The molecule has 1 rings (SSSR count). The van der Waals surface area contributed by atoms with Gasteiger partial charge in [-0.2, -0.15) is 5.10 Å². The number of nitrogens with zero attached hydrogens (tertiary/aromatic N) is 2. The molecule has 14 heavy (non-hydrogen) atoms. The first-order valence-corrected chi connectivity index (χ1v) is 5.75. The highest BCUT2D eigenvalue weighted by atomic mass is 35.5. The van der Waals surface area contributed by atoms with Gasteiger partial charge in [-0.15, -0.1) is 11.6 Å². The molecule has 0 N–H and O–H groups in total. The van der Waals surface area contributed by atoms with Crippen LogP contribution in [0.2, 0.25) is 5.15 Å². The molecule has 0 spiro atoms. The van der Waals surface area contributed by atoms with Crippen LogP contribution in [0.3, 0.4) is 0 Å². The largest absolute Gasteiger partial charge is 0.257 e. The molecule has 4 heteroatoms. The van der Waals surface area contributed by atoms with Gasteiger partial charge in [-0.1, -0.05) is 24.9 Å². The average molecular weight is 235 g/mol. The Balaban J connectivity index is 2.84. The molecule has 1 aromatic heterocycles. The Morgan fingerprint density at radius 2 is 2.14 bits per heavy atom. The zero-order valence-corrected chi connectivity index (χ0v) is 10.4. The summed E-state index contributed by atoms with van der Waals surface area (Å²) in [6.45, 7) is 4.13. The van der Waals surface area contributed by atoms with E-state index in [-0.39, 0.29) is 0 Å². The molecule has 80 valence electrons. The van der Waals surface area contributed by atoms with E-state index < -0.39 is 0 Å². The fourth-order valence-electron chi connectivity index (χ4n) is 1.50. The van der Waals surface area contributed by atoms with Crippen molar-refractivity contribution in [3.05, 3.63) is 16.4 Å². The maximum absolute atomic E-state index is 6.13. The molecule has 0 fully saturated rings. The van der Waals surface area contributed by atoms with E-state index in [0.717, 1.165) is 29.3 Å². The molecule has 0 amide bonds. The minimum atomic E-state index is 0.497. The summed E-state index contributed by atoms with van der Waals surface area (Å²) in [4.78, 5) is 0. The van der Waals surface area contributed by atoms with E-state index in [1.807, 2.05) is 14.0 Å². The zero-order chi connectivity index (χ0) is 10.7. The molecule has 0 aromatic carbocycles. The number of hydrogen-bond donors (Lipinski definition) is 0. The van der Waals surface area contributed by atoms with E-state index in [9.17, 15) is 0 Å². The molecular weight excluding hydrogens is 219 g/mol. The normalized spacial score (nSPS) is 13.2. The highest BCUT2D eigenvalue weighted by molar-refractivity contribution is 6.30. The molecule has 1 heterocycles. The number of aryl methyl sites for hydroxylation is 2. The van der Waals surface area contributed by atoms with Crippen molar-refractivity contribution < 1.29 is 0 Å². The Kier molecular flexibility index (Phi) is 4.27. The topological polar surface area (TPSA) is 17.8 Å². The third-order valence-electron chi connectivity index (χ3n) is 2.56. The number of alkyl halides is 1. The standard InChI is InChI=1S/C10H16Cl2N2/c1-4-8(6-11)5-9-7(2)13-14(3)10(9)12/h8H,4-6H2,1-3H3. The van der Waals surface area contributed by atoms with Crippen LogP contribution in [0.1, 0.15) is 24.6 Å². The van der Waals surface area contributed by atoms with Crippen molar-refractivity contribution in [1.29, 1.82) is 0 Å². The molecule has 0 saturated heterocycles. The summed E-state index contributed by atoms with van der Waals surface area (Å²) in [5.74, 6) is 1.18. The van der Waals surface area contributed by atoms with E-state index in [2.05, 4.69) is 12.0 Å². The molecule has 1 aromatic rings. The second kappa shape index (κ2) is 5.04. The van der Waals surface area contributed by atoms with E-state index in [1.54, 1.807) is 4.68 Å². The van der Waals surface area contributed by atoms with Crippen LogP contribution in [0.5, 0.6) is 0 Å². The lowest BCUT2D eigenvalue weighted by Gasteiger charge is -2.10. The Labute approximate surface area is 95.2 Å². The first-order valence-electron chi connectivity index (χ1n) is 4.84. The molecule has 0 aliphatic carbocycles. The summed E-state index contributed by atoms with van der Waals surface area (Å²) in [6.07, 6.45) is 2.01. The molecule has 0 radical (unpaired) electrons. The molecule has 0 aliphatic rings. The zero-order valence-electron chi connectivity index (χ0n) is 8.85. The summed E-state index contributed by atoms with van der Waals surface area (Å²) in [5.41, 5.74) is 2.16. The molecule has 0 aliphatic heterocycles.